The summed E-state index contributed by atoms with van der Waals surface area (Å²) in [5, 5.41) is 9.92. The molecule has 3 heteroatoms. The van der Waals surface area contributed by atoms with Crippen LogP contribution in [0.5, 0.6) is 0 Å². The number of hydrogen-bond donors (Lipinski definition) is 1. The van der Waals surface area contributed by atoms with Gasteiger partial charge in [0.25, 0.3) is 0 Å². The van der Waals surface area contributed by atoms with Gasteiger partial charge >= 0.3 is 0 Å². The Balaban J connectivity index is 1.87. The molecule has 2 aromatic rings. The van der Waals surface area contributed by atoms with Crippen LogP contribution >= 0.6 is 0 Å². The second kappa shape index (κ2) is 5.66. The van der Waals surface area contributed by atoms with Crippen molar-refractivity contribution in [3.63, 3.8) is 0 Å². The highest BCUT2D eigenvalue weighted by Crippen LogP contribution is 2.15. The normalized spacial score (nSPS) is 12.9. The molecule has 2 rings (SSSR count). The van der Waals surface area contributed by atoms with E-state index in [1.807, 2.05) is 25.2 Å². The molecule has 1 N–H and O–H groups in total. The van der Waals surface area contributed by atoms with Gasteiger partial charge in [-0.15, -0.1) is 0 Å². The van der Waals surface area contributed by atoms with E-state index in [0.29, 0.717) is 12.3 Å². The maximum Gasteiger partial charge on any atom is 0.133 e. The monoisotopic (exact) mass is 231 g/mol. The third-order valence-corrected chi connectivity index (χ3v) is 2.65. The number of rotatable bonds is 5. The lowest BCUT2D eigenvalue weighted by Crippen LogP contribution is -2.23. The van der Waals surface area contributed by atoms with E-state index in [0.717, 1.165) is 6.54 Å². The Bertz CT molecular complexity index is 425. The highest BCUT2D eigenvalue weighted by Gasteiger charge is 2.13. The predicted octanol–water partition coefficient (Wildman–Crippen LogP) is 2.45. The van der Waals surface area contributed by atoms with E-state index in [2.05, 4.69) is 17.0 Å². The molecular weight excluding hydrogens is 214 g/mol. The molecule has 90 valence electrons. The summed E-state index contributed by atoms with van der Waals surface area (Å²) in [5.74, 6) is 0.616. The Labute approximate surface area is 101 Å². The number of aliphatic hydroxyl groups excluding tert-OH is 1. The van der Waals surface area contributed by atoms with Crippen LogP contribution in [-0.2, 0) is 6.54 Å². The van der Waals surface area contributed by atoms with Crippen molar-refractivity contribution >= 4 is 0 Å². The van der Waals surface area contributed by atoms with Gasteiger partial charge in [-0.05, 0) is 24.7 Å². The van der Waals surface area contributed by atoms with Crippen molar-refractivity contribution in [2.45, 2.75) is 12.6 Å². The minimum absolute atomic E-state index is 0.558. The topological polar surface area (TPSA) is 36.6 Å². The van der Waals surface area contributed by atoms with Crippen molar-refractivity contribution in [1.29, 1.82) is 0 Å². The maximum atomic E-state index is 9.92. The molecule has 1 atom stereocenters. The zero-order chi connectivity index (χ0) is 12.1. The molecule has 0 amide bonds. The van der Waals surface area contributed by atoms with Crippen LogP contribution in [0.1, 0.15) is 17.4 Å². The molecular formula is C14H17NO2. The number of furan rings is 1. The Hall–Kier alpha value is -1.58. The highest BCUT2D eigenvalue weighted by atomic mass is 16.4. The zero-order valence-corrected chi connectivity index (χ0v) is 9.91. The smallest absolute Gasteiger partial charge is 0.133 e. The molecule has 0 spiro atoms. The molecule has 0 aliphatic carbocycles. The van der Waals surface area contributed by atoms with Crippen LogP contribution in [0.2, 0.25) is 0 Å². The first-order valence-electron chi connectivity index (χ1n) is 5.69. The summed E-state index contributed by atoms with van der Waals surface area (Å²) < 4.78 is 5.17. The summed E-state index contributed by atoms with van der Waals surface area (Å²) in [5.41, 5.74) is 1.24. The van der Waals surface area contributed by atoms with Crippen LogP contribution in [0.3, 0.4) is 0 Å². The molecule has 1 aromatic carbocycles. The van der Waals surface area contributed by atoms with Crippen LogP contribution in [-0.4, -0.2) is 23.6 Å². The first-order valence-corrected chi connectivity index (χ1v) is 5.69. The van der Waals surface area contributed by atoms with Gasteiger partial charge in [0, 0.05) is 13.1 Å². The van der Waals surface area contributed by atoms with Crippen LogP contribution in [0.15, 0.2) is 53.1 Å². The van der Waals surface area contributed by atoms with E-state index in [1.165, 1.54) is 5.56 Å². The Morgan fingerprint density at radius 1 is 1.18 bits per heavy atom. The minimum atomic E-state index is -0.571. The predicted molar refractivity (Wildman–Crippen MR) is 66.4 cm³/mol. The van der Waals surface area contributed by atoms with E-state index < -0.39 is 6.10 Å². The lowest BCUT2D eigenvalue weighted by atomic mass is 10.2. The van der Waals surface area contributed by atoms with E-state index in [4.69, 9.17) is 4.42 Å². The summed E-state index contributed by atoms with van der Waals surface area (Å²) >= 11 is 0. The van der Waals surface area contributed by atoms with Gasteiger partial charge in [-0.3, -0.25) is 4.90 Å². The van der Waals surface area contributed by atoms with E-state index in [1.54, 1.807) is 18.4 Å². The number of likely N-dealkylation sites (N-methyl/N-ethyl adjacent to an activating group) is 1. The second-order valence-corrected chi connectivity index (χ2v) is 4.21. The summed E-state index contributed by atoms with van der Waals surface area (Å²) in [4.78, 5) is 2.07. The molecule has 1 heterocycles. The molecule has 0 radical (unpaired) electrons. The fraction of sp³-hybridized carbons (Fsp3) is 0.286. The average Bonchev–Trinajstić information content (AvgIpc) is 2.83. The van der Waals surface area contributed by atoms with Crippen LogP contribution in [0.25, 0.3) is 0 Å². The lowest BCUT2D eigenvalue weighted by Gasteiger charge is -2.19. The number of benzene rings is 1. The molecule has 1 aromatic heterocycles. The van der Waals surface area contributed by atoms with Crippen molar-refractivity contribution in [3.05, 3.63) is 60.1 Å². The maximum absolute atomic E-state index is 9.92. The molecule has 3 nitrogen and oxygen atoms in total. The minimum Gasteiger partial charge on any atom is -0.467 e. The fourth-order valence-electron chi connectivity index (χ4n) is 1.83. The quantitative estimate of drug-likeness (QED) is 0.858. The van der Waals surface area contributed by atoms with Crippen molar-refractivity contribution in [1.82, 2.24) is 4.90 Å². The van der Waals surface area contributed by atoms with Crippen molar-refractivity contribution < 1.29 is 9.52 Å². The van der Waals surface area contributed by atoms with Gasteiger partial charge in [-0.1, -0.05) is 30.3 Å². The highest BCUT2D eigenvalue weighted by molar-refractivity contribution is 5.14. The summed E-state index contributed by atoms with van der Waals surface area (Å²) in [6.07, 6.45) is 1.01. The molecule has 0 saturated heterocycles. The fourth-order valence-corrected chi connectivity index (χ4v) is 1.83. The second-order valence-electron chi connectivity index (χ2n) is 4.21. The van der Waals surface area contributed by atoms with Crippen molar-refractivity contribution in [2.75, 3.05) is 13.6 Å². The van der Waals surface area contributed by atoms with Crippen molar-refractivity contribution in [3.8, 4) is 0 Å². The number of nitrogens with zero attached hydrogens (tertiary/aromatic N) is 1. The number of hydrogen-bond acceptors (Lipinski definition) is 3. The molecule has 0 aliphatic rings. The Morgan fingerprint density at radius 2 is 1.94 bits per heavy atom. The molecule has 0 fully saturated rings. The van der Waals surface area contributed by atoms with E-state index in [-0.39, 0.29) is 0 Å². The van der Waals surface area contributed by atoms with Gasteiger partial charge in [0.15, 0.2) is 0 Å². The molecule has 0 bridgehead atoms. The van der Waals surface area contributed by atoms with Gasteiger partial charge in [-0.2, -0.15) is 0 Å². The molecule has 0 saturated carbocycles. The SMILES string of the molecule is CN(Cc1ccccc1)CC(O)c1ccco1. The van der Waals surface area contributed by atoms with Gasteiger partial charge in [0.2, 0.25) is 0 Å². The van der Waals surface area contributed by atoms with Gasteiger partial charge in [0.05, 0.1) is 6.26 Å². The Morgan fingerprint density at radius 3 is 2.59 bits per heavy atom. The van der Waals surface area contributed by atoms with Gasteiger partial charge in [0.1, 0.15) is 11.9 Å². The van der Waals surface area contributed by atoms with Crippen molar-refractivity contribution in [2.24, 2.45) is 0 Å². The largest absolute Gasteiger partial charge is 0.467 e. The summed E-state index contributed by atoms with van der Waals surface area (Å²) in [7, 11) is 1.99. The van der Waals surface area contributed by atoms with E-state index >= 15 is 0 Å². The third kappa shape index (κ3) is 3.44. The van der Waals surface area contributed by atoms with Gasteiger partial charge in [-0.25, -0.2) is 0 Å². The number of aliphatic hydroxyl groups is 1. The lowest BCUT2D eigenvalue weighted by molar-refractivity contribution is 0.103. The zero-order valence-electron chi connectivity index (χ0n) is 9.91. The van der Waals surface area contributed by atoms with Gasteiger partial charge < -0.3 is 9.52 Å². The molecule has 1 unspecified atom stereocenters. The summed E-state index contributed by atoms with van der Waals surface area (Å²) in [6.45, 7) is 1.38. The van der Waals surface area contributed by atoms with E-state index in [9.17, 15) is 5.11 Å². The molecule has 17 heavy (non-hydrogen) atoms. The third-order valence-electron chi connectivity index (χ3n) is 2.65. The first kappa shape index (κ1) is 11.9. The standard InChI is InChI=1S/C14H17NO2/c1-15(10-12-6-3-2-4-7-12)11-13(16)14-8-5-9-17-14/h2-9,13,16H,10-11H2,1H3. The van der Waals surface area contributed by atoms with Crippen LogP contribution < -0.4 is 0 Å². The average molecular weight is 231 g/mol. The van der Waals surface area contributed by atoms with Crippen LogP contribution in [0.4, 0.5) is 0 Å². The first-order chi connectivity index (χ1) is 8.25. The van der Waals surface area contributed by atoms with Crippen LogP contribution in [0, 0.1) is 0 Å². The summed E-state index contributed by atoms with van der Waals surface area (Å²) in [6, 6.07) is 13.8. The Kier molecular flexibility index (Phi) is 3.96. The molecule has 0 aliphatic heterocycles.